The third kappa shape index (κ3) is 11.4. The normalized spacial score (nSPS) is 9.63. The summed E-state index contributed by atoms with van der Waals surface area (Å²) in [7, 11) is 0. The van der Waals surface area contributed by atoms with E-state index in [4.69, 9.17) is 9.90 Å². The van der Waals surface area contributed by atoms with Crippen LogP contribution in [0.3, 0.4) is 0 Å². The van der Waals surface area contributed by atoms with Crippen molar-refractivity contribution in [2.75, 3.05) is 0 Å². The van der Waals surface area contributed by atoms with Crippen LogP contribution in [0.25, 0.3) is 0 Å². The molecule has 1 aromatic rings. The first-order chi connectivity index (χ1) is 9.10. The molecule has 19 heavy (non-hydrogen) atoms. The van der Waals surface area contributed by atoms with Gasteiger partial charge in [-0.1, -0.05) is 33.1 Å². The molecule has 0 fully saturated rings. The molecule has 3 heteroatoms. The fourth-order valence-corrected chi connectivity index (χ4v) is 1.81. The van der Waals surface area contributed by atoms with Crippen LogP contribution in [0.5, 0.6) is 0 Å². The average Bonchev–Trinajstić information content (AvgIpc) is 2.36. The third-order valence-electron chi connectivity index (χ3n) is 2.77. The second kappa shape index (κ2) is 11.7. The molecule has 1 aromatic heterocycles. The molecule has 0 bridgehead atoms. The van der Waals surface area contributed by atoms with Crippen molar-refractivity contribution in [2.45, 2.75) is 65.8 Å². The van der Waals surface area contributed by atoms with Gasteiger partial charge in [0.2, 0.25) is 0 Å². The lowest BCUT2D eigenvalue weighted by atomic mass is 10.1. The van der Waals surface area contributed by atoms with E-state index >= 15 is 0 Å². The van der Waals surface area contributed by atoms with E-state index in [9.17, 15) is 0 Å². The third-order valence-corrected chi connectivity index (χ3v) is 2.77. The van der Waals surface area contributed by atoms with Crippen LogP contribution < -0.4 is 9.67 Å². The minimum atomic E-state index is -1.08. The molecule has 3 nitrogen and oxygen atoms in total. The van der Waals surface area contributed by atoms with Crippen molar-refractivity contribution in [1.29, 1.82) is 0 Å². The first-order valence-electron chi connectivity index (χ1n) is 7.25. The molecule has 1 heterocycles. The molecule has 0 saturated heterocycles. The van der Waals surface area contributed by atoms with Gasteiger partial charge in [0, 0.05) is 24.5 Å². The Balaban J connectivity index is 0.000000711. The number of nitrogens with zero attached hydrogens (tertiary/aromatic N) is 1. The van der Waals surface area contributed by atoms with Gasteiger partial charge < -0.3 is 9.90 Å². The molecular weight excluding hydrogens is 238 g/mol. The van der Waals surface area contributed by atoms with E-state index in [0.717, 1.165) is 6.92 Å². The number of pyridine rings is 1. The van der Waals surface area contributed by atoms with Crippen molar-refractivity contribution in [3.05, 3.63) is 30.1 Å². The summed E-state index contributed by atoms with van der Waals surface area (Å²) in [5, 5.41) is 8.89. The number of carboxylic acids is 1. The Labute approximate surface area is 117 Å². The number of aliphatic carboxylic acids is 1. The fourth-order valence-electron chi connectivity index (χ4n) is 1.81. The topological polar surface area (TPSA) is 44.0 Å². The Morgan fingerprint density at radius 3 is 2.16 bits per heavy atom. The highest BCUT2D eigenvalue weighted by molar-refractivity contribution is 5.60. The van der Waals surface area contributed by atoms with E-state index in [1.54, 1.807) is 0 Å². The van der Waals surface area contributed by atoms with Crippen LogP contribution in [-0.4, -0.2) is 5.97 Å². The quantitative estimate of drug-likeness (QED) is 0.560. The lowest BCUT2D eigenvalue weighted by molar-refractivity contribution is -0.697. The number of aromatic nitrogens is 1. The van der Waals surface area contributed by atoms with Gasteiger partial charge in [0.05, 0.1) is 0 Å². The number of carbonyl (C=O) groups is 1. The zero-order chi connectivity index (χ0) is 14.5. The summed E-state index contributed by atoms with van der Waals surface area (Å²) in [6.07, 6.45) is 12.2. The maximum absolute atomic E-state index is 8.89. The number of rotatable bonds is 7. The predicted molar refractivity (Wildman–Crippen MR) is 75.5 cm³/mol. The number of unbranched alkanes of at least 4 members (excludes halogenated alkanes) is 3. The Kier molecular flexibility index (Phi) is 10.8. The van der Waals surface area contributed by atoms with Crippen molar-refractivity contribution in [1.82, 2.24) is 0 Å². The zero-order valence-corrected chi connectivity index (χ0v) is 12.5. The number of hydrogen-bond donors (Lipinski definition) is 0. The average molecular weight is 265 g/mol. The van der Waals surface area contributed by atoms with Crippen LogP contribution in [0.2, 0.25) is 0 Å². The monoisotopic (exact) mass is 265 g/mol. The van der Waals surface area contributed by atoms with E-state index in [-0.39, 0.29) is 0 Å². The number of carbonyl (C=O) groups excluding carboxylic acids is 1. The zero-order valence-electron chi connectivity index (χ0n) is 12.5. The maximum Gasteiger partial charge on any atom is 0.169 e. The maximum atomic E-state index is 8.89. The molecule has 0 aliphatic heterocycles. The number of carboxylic acid groups (broad SMARTS) is 1. The summed E-state index contributed by atoms with van der Waals surface area (Å²) in [6, 6.07) is 4.51. The first kappa shape index (κ1) is 17.6. The molecule has 0 unspecified atom stereocenters. The van der Waals surface area contributed by atoms with E-state index in [0.29, 0.717) is 0 Å². The van der Waals surface area contributed by atoms with Crippen LogP contribution in [-0.2, 0) is 17.8 Å². The Hall–Kier alpha value is -1.38. The molecule has 0 radical (unpaired) electrons. The van der Waals surface area contributed by atoms with Crippen molar-refractivity contribution >= 4 is 5.97 Å². The van der Waals surface area contributed by atoms with Crippen LogP contribution in [0.4, 0.5) is 0 Å². The van der Waals surface area contributed by atoms with Gasteiger partial charge in [0.15, 0.2) is 12.4 Å². The van der Waals surface area contributed by atoms with E-state index in [1.807, 2.05) is 0 Å². The van der Waals surface area contributed by atoms with Crippen LogP contribution in [0, 0.1) is 0 Å². The first-order valence-corrected chi connectivity index (χ1v) is 7.25. The lowest BCUT2D eigenvalue weighted by Gasteiger charge is -1.99. The summed E-state index contributed by atoms with van der Waals surface area (Å²) in [5.74, 6) is -1.08. The van der Waals surface area contributed by atoms with Gasteiger partial charge in [-0.3, -0.25) is 0 Å². The summed E-state index contributed by atoms with van der Waals surface area (Å²) in [5.41, 5.74) is 1.46. The fraction of sp³-hybridized carbons (Fsp3) is 0.625. The molecule has 0 aromatic carbocycles. The highest BCUT2D eigenvalue weighted by Gasteiger charge is 1.99. The summed E-state index contributed by atoms with van der Waals surface area (Å²) in [6.45, 7) is 6.63. The molecule has 0 amide bonds. The summed E-state index contributed by atoms with van der Waals surface area (Å²) < 4.78 is 2.30. The number of hydrogen-bond acceptors (Lipinski definition) is 2. The predicted octanol–water partition coefficient (Wildman–Crippen LogP) is 2.26. The molecule has 0 aliphatic rings. The Bertz CT molecular complexity index is 329. The van der Waals surface area contributed by atoms with E-state index < -0.39 is 5.97 Å². The summed E-state index contributed by atoms with van der Waals surface area (Å²) in [4.78, 5) is 8.89. The van der Waals surface area contributed by atoms with Crippen LogP contribution in [0.15, 0.2) is 24.5 Å². The molecule has 0 N–H and O–H groups in total. The SMILES string of the molecule is CC(=O)[O-].CCCCCC[n+]1ccc(CCC)cc1. The van der Waals surface area contributed by atoms with Crippen LogP contribution in [0.1, 0.15) is 58.4 Å². The molecular formula is C16H27NO2. The number of aryl methyl sites for hydroxylation is 2. The lowest BCUT2D eigenvalue weighted by Crippen LogP contribution is -2.32. The van der Waals surface area contributed by atoms with Crippen molar-refractivity contribution in [2.24, 2.45) is 0 Å². The van der Waals surface area contributed by atoms with Gasteiger partial charge in [-0.2, -0.15) is 0 Å². The van der Waals surface area contributed by atoms with E-state index in [1.165, 1.54) is 50.6 Å². The highest BCUT2D eigenvalue weighted by Crippen LogP contribution is 2.01. The highest BCUT2D eigenvalue weighted by atomic mass is 16.4. The Morgan fingerprint density at radius 2 is 1.68 bits per heavy atom. The van der Waals surface area contributed by atoms with Gasteiger partial charge in [0.1, 0.15) is 6.54 Å². The van der Waals surface area contributed by atoms with Crippen molar-refractivity contribution in [3.63, 3.8) is 0 Å². The minimum Gasteiger partial charge on any atom is -0.550 e. The smallest absolute Gasteiger partial charge is 0.169 e. The standard InChI is InChI=1S/C14H24N.C2H4O2/c1-3-5-6-7-11-15-12-9-14(8-4-2)10-13-15;1-2(3)4/h9-10,12-13H,3-8,11H2,1-2H3;1H3,(H,3,4)/q+1;/p-1. The van der Waals surface area contributed by atoms with Crippen molar-refractivity contribution in [3.8, 4) is 0 Å². The van der Waals surface area contributed by atoms with E-state index in [2.05, 4.69) is 42.9 Å². The second-order valence-corrected chi connectivity index (χ2v) is 4.75. The molecule has 0 aliphatic carbocycles. The largest absolute Gasteiger partial charge is 0.550 e. The van der Waals surface area contributed by atoms with Gasteiger partial charge >= 0.3 is 0 Å². The second-order valence-electron chi connectivity index (χ2n) is 4.75. The van der Waals surface area contributed by atoms with Gasteiger partial charge in [-0.15, -0.1) is 0 Å². The molecule has 0 atom stereocenters. The van der Waals surface area contributed by atoms with Gasteiger partial charge in [0.25, 0.3) is 0 Å². The van der Waals surface area contributed by atoms with Gasteiger partial charge in [-0.25, -0.2) is 4.57 Å². The minimum absolute atomic E-state index is 0.972. The summed E-state index contributed by atoms with van der Waals surface area (Å²) >= 11 is 0. The van der Waals surface area contributed by atoms with Gasteiger partial charge in [-0.05, 0) is 25.3 Å². The van der Waals surface area contributed by atoms with Crippen molar-refractivity contribution < 1.29 is 14.5 Å². The molecule has 108 valence electrons. The molecule has 0 spiro atoms. The molecule has 0 saturated carbocycles. The molecule has 1 rings (SSSR count). The van der Waals surface area contributed by atoms with Crippen LogP contribution >= 0.6 is 0 Å². The Morgan fingerprint density at radius 1 is 1.11 bits per heavy atom.